The van der Waals surface area contributed by atoms with E-state index in [4.69, 9.17) is 14.5 Å². The molecule has 1 amide bonds. The molecule has 6 nitrogen and oxygen atoms in total. The molecule has 0 saturated carbocycles. The molecule has 34 heavy (non-hydrogen) atoms. The number of thiophene rings is 1. The number of hydrogen-bond acceptors (Lipinski definition) is 5. The number of nitrogens with zero attached hydrogens (tertiary/aromatic N) is 2. The fourth-order valence-electron chi connectivity index (χ4n) is 3.84. The van der Waals surface area contributed by atoms with Crippen LogP contribution in [0.3, 0.4) is 0 Å². The number of amides is 1. The largest absolute Gasteiger partial charge is 0.493 e. The van der Waals surface area contributed by atoms with E-state index in [1.54, 1.807) is 7.11 Å². The minimum absolute atomic E-state index is 0.0740. The molecule has 0 atom stereocenters. The van der Waals surface area contributed by atoms with Crippen molar-refractivity contribution in [2.45, 2.75) is 32.4 Å². The van der Waals surface area contributed by atoms with Gasteiger partial charge in [-0.25, -0.2) is 4.98 Å². The quantitative estimate of drug-likeness (QED) is 0.213. The maximum absolute atomic E-state index is 12.4. The Morgan fingerprint density at radius 2 is 2.03 bits per heavy atom. The van der Waals surface area contributed by atoms with Crippen LogP contribution in [0.2, 0.25) is 0 Å². The van der Waals surface area contributed by atoms with Crippen LogP contribution in [0.15, 0.2) is 72.6 Å². The number of methoxy groups -OCH3 is 1. The molecule has 2 aromatic heterocycles. The highest BCUT2D eigenvalue weighted by Crippen LogP contribution is 2.28. The Kier molecular flexibility index (Phi) is 7.99. The Morgan fingerprint density at radius 3 is 2.82 bits per heavy atom. The zero-order valence-electron chi connectivity index (χ0n) is 19.3. The number of benzene rings is 2. The van der Waals surface area contributed by atoms with Crippen molar-refractivity contribution in [3.05, 3.63) is 88.9 Å². The lowest BCUT2D eigenvalue weighted by Gasteiger charge is -2.13. The first-order chi connectivity index (χ1) is 16.7. The third-order valence-corrected chi connectivity index (χ3v) is 6.40. The number of ether oxygens (including phenoxy) is 2. The van der Waals surface area contributed by atoms with Crippen molar-refractivity contribution in [3.8, 4) is 11.5 Å². The molecule has 176 valence electrons. The van der Waals surface area contributed by atoms with Gasteiger partial charge in [0.2, 0.25) is 0 Å². The van der Waals surface area contributed by atoms with Crippen LogP contribution in [-0.2, 0) is 19.5 Å². The van der Waals surface area contributed by atoms with Crippen LogP contribution in [0.1, 0.15) is 33.9 Å². The standard InChI is InChI=1S/C27H29N3O3S/c1-3-9-20-13-14-23(24(18-20)32-2)33-16-7-6-15-30-22-11-5-4-10-21(22)29-26(30)19-28-27(31)25-12-8-17-34-25/h3-5,8,10-14,17-18H,1,6-7,9,15-16,19H2,2H3,(H,28,31). The molecule has 0 unspecified atom stereocenters. The van der Waals surface area contributed by atoms with E-state index in [-0.39, 0.29) is 5.91 Å². The van der Waals surface area contributed by atoms with Gasteiger partial charge >= 0.3 is 0 Å². The van der Waals surface area contributed by atoms with Crippen molar-refractivity contribution in [3.63, 3.8) is 0 Å². The number of aryl methyl sites for hydroxylation is 1. The lowest BCUT2D eigenvalue weighted by molar-refractivity contribution is 0.0953. The summed E-state index contributed by atoms with van der Waals surface area (Å²) in [7, 11) is 1.66. The topological polar surface area (TPSA) is 65.4 Å². The van der Waals surface area contributed by atoms with E-state index in [0.717, 1.165) is 59.7 Å². The normalized spacial score (nSPS) is 10.9. The second kappa shape index (κ2) is 11.5. The Morgan fingerprint density at radius 1 is 1.15 bits per heavy atom. The number of carbonyl (C=O) groups is 1. The van der Waals surface area contributed by atoms with Crippen molar-refractivity contribution in [2.75, 3.05) is 13.7 Å². The molecular formula is C27H29N3O3S. The fourth-order valence-corrected chi connectivity index (χ4v) is 4.48. The van der Waals surface area contributed by atoms with Gasteiger partial charge in [-0.2, -0.15) is 0 Å². The summed E-state index contributed by atoms with van der Waals surface area (Å²) in [5.41, 5.74) is 3.15. The number of hydrogen-bond donors (Lipinski definition) is 1. The molecule has 0 aliphatic heterocycles. The summed E-state index contributed by atoms with van der Waals surface area (Å²) in [6.07, 6.45) is 4.47. The van der Waals surface area contributed by atoms with Gasteiger partial charge in [0, 0.05) is 6.54 Å². The number of unbranched alkanes of at least 4 members (excludes halogenated alkanes) is 1. The molecule has 4 aromatic rings. The number of nitrogens with one attached hydrogen (secondary N) is 1. The lowest BCUT2D eigenvalue weighted by Crippen LogP contribution is -2.24. The van der Waals surface area contributed by atoms with Gasteiger partial charge in [-0.3, -0.25) is 4.79 Å². The number of carbonyl (C=O) groups excluding carboxylic acids is 1. The number of aromatic nitrogens is 2. The molecule has 2 aromatic carbocycles. The van der Waals surface area contributed by atoms with E-state index in [0.29, 0.717) is 18.0 Å². The van der Waals surface area contributed by atoms with E-state index in [9.17, 15) is 4.79 Å². The monoisotopic (exact) mass is 475 g/mol. The number of fused-ring (bicyclic) bond motifs is 1. The molecule has 7 heteroatoms. The smallest absolute Gasteiger partial charge is 0.261 e. The second-order valence-electron chi connectivity index (χ2n) is 7.86. The zero-order chi connectivity index (χ0) is 23.8. The van der Waals surface area contributed by atoms with E-state index in [1.165, 1.54) is 11.3 Å². The molecule has 2 heterocycles. The van der Waals surface area contributed by atoms with Gasteiger partial charge in [-0.15, -0.1) is 17.9 Å². The Balaban J connectivity index is 1.35. The van der Waals surface area contributed by atoms with E-state index in [2.05, 4.69) is 22.5 Å². The average Bonchev–Trinajstić information content (AvgIpc) is 3.52. The predicted octanol–water partition coefficient (Wildman–Crippen LogP) is 5.62. The SMILES string of the molecule is C=CCc1ccc(OCCCCn2c(CNC(=O)c3cccs3)nc3ccccc32)c(OC)c1. The fraction of sp³-hybridized carbons (Fsp3) is 0.259. The summed E-state index contributed by atoms with van der Waals surface area (Å²) in [5, 5.41) is 4.90. The van der Waals surface area contributed by atoms with Gasteiger partial charge in [0.1, 0.15) is 5.82 Å². The van der Waals surface area contributed by atoms with Crippen molar-refractivity contribution in [2.24, 2.45) is 0 Å². The molecule has 0 aliphatic carbocycles. The van der Waals surface area contributed by atoms with Crippen molar-refractivity contribution in [1.82, 2.24) is 14.9 Å². The van der Waals surface area contributed by atoms with Crippen molar-refractivity contribution in [1.29, 1.82) is 0 Å². The predicted molar refractivity (Wildman–Crippen MR) is 137 cm³/mol. The number of para-hydroxylation sites is 2. The average molecular weight is 476 g/mol. The van der Waals surface area contributed by atoms with Gasteiger partial charge < -0.3 is 19.4 Å². The van der Waals surface area contributed by atoms with Crippen LogP contribution < -0.4 is 14.8 Å². The maximum Gasteiger partial charge on any atom is 0.261 e. The number of allylic oxidation sites excluding steroid dienone is 1. The minimum Gasteiger partial charge on any atom is -0.493 e. The molecule has 0 aliphatic rings. The summed E-state index contributed by atoms with van der Waals surface area (Å²) in [5.74, 6) is 2.27. The first-order valence-corrected chi connectivity index (χ1v) is 12.2. The highest BCUT2D eigenvalue weighted by atomic mass is 32.1. The molecule has 1 N–H and O–H groups in total. The Hall–Kier alpha value is -3.58. The molecule has 0 saturated heterocycles. The van der Waals surface area contributed by atoms with Crippen LogP contribution in [0, 0.1) is 0 Å². The molecule has 0 fully saturated rings. The van der Waals surface area contributed by atoms with Crippen molar-refractivity contribution < 1.29 is 14.3 Å². The van der Waals surface area contributed by atoms with Gasteiger partial charge in [0.05, 0.1) is 36.2 Å². The number of rotatable bonds is 12. The summed E-state index contributed by atoms with van der Waals surface area (Å²) in [4.78, 5) is 17.8. The Labute approximate surface area is 203 Å². The second-order valence-corrected chi connectivity index (χ2v) is 8.81. The maximum atomic E-state index is 12.4. The van der Waals surface area contributed by atoms with Gasteiger partial charge in [0.25, 0.3) is 5.91 Å². The summed E-state index contributed by atoms with van der Waals surface area (Å²) in [6, 6.07) is 17.7. The number of imidazole rings is 1. The van der Waals surface area contributed by atoms with Crippen LogP contribution in [0.5, 0.6) is 11.5 Å². The summed E-state index contributed by atoms with van der Waals surface area (Å²) >= 11 is 1.43. The van der Waals surface area contributed by atoms with E-state index < -0.39 is 0 Å². The summed E-state index contributed by atoms with van der Waals surface area (Å²) in [6.45, 7) is 5.55. The highest BCUT2D eigenvalue weighted by Gasteiger charge is 2.13. The Bertz CT molecular complexity index is 1250. The molecule has 0 radical (unpaired) electrons. The zero-order valence-corrected chi connectivity index (χ0v) is 20.1. The third kappa shape index (κ3) is 5.66. The molecule has 0 spiro atoms. The van der Waals surface area contributed by atoms with E-state index in [1.807, 2.05) is 60.0 Å². The van der Waals surface area contributed by atoms with E-state index >= 15 is 0 Å². The van der Waals surface area contributed by atoms with Crippen LogP contribution >= 0.6 is 11.3 Å². The van der Waals surface area contributed by atoms with Gasteiger partial charge in [-0.1, -0.05) is 30.3 Å². The minimum atomic E-state index is -0.0740. The van der Waals surface area contributed by atoms with Gasteiger partial charge in [0.15, 0.2) is 11.5 Å². The molecule has 0 bridgehead atoms. The van der Waals surface area contributed by atoms with Crippen molar-refractivity contribution >= 4 is 28.3 Å². The molecular weight excluding hydrogens is 446 g/mol. The van der Waals surface area contributed by atoms with Crippen LogP contribution in [-0.4, -0.2) is 29.2 Å². The van der Waals surface area contributed by atoms with Gasteiger partial charge in [-0.05, 0) is 60.5 Å². The molecule has 4 rings (SSSR count). The van der Waals surface area contributed by atoms with Crippen LogP contribution in [0.25, 0.3) is 11.0 Å². The summed E-state index contributed by atoms with van der Waals surface area (Å²) < 4.78 is 13.7. The third-order valence-electron chi connectivity index (χ3n) is 5.53. The highest BCUT2D eigenvalue weighted by molar-refractivity contribution is 7.12. The lowest BCUT2D eigenvalue weighted by atomic mass is 10.1. The van der Waals surface area contributed by atoms with Crippen LogP contribution in [0.4, 0.5) is 0 Å². The first kappa shape index (κ1) is 23.6. The first-order valence-electron chi connectivity index (χ1n) is 11.4.